The molecule has 10 unspecified atom stereocenters. The highest BCUT2D eigenvalue weighted by atomic mass is 16.6. The van der Waals surface area contributed by atoms with Crippen LogP contribution < -0.4 is 0 Å². The minimum absolute atomic E-state index is 0.00537. The molecule has 3 aliphatic heterocycles. The lowest BCUT2D eigenvalue weighted by atomic mass is 9.51. The molecular weight excluding hydrogens is 512 g/mol. The second-order valence-corrected chi connectivity index (χ2v) is 13.9. The first kappa shape index (κ1) is 27.7. The zero-order chi connectivity index (χ0) is 29.0. The summed E-state index contributed by atoms with van der Waals surface area (Å²) in [6.07, 6.45) is 6.62. The predicted molar refractivity (Wildman–Crippen MR) is 145 cm³/mol. The standard InChI is InChI=1S/C32H42O8/c1-16-8-10-22(38-28(16)36)17(2)20-14-24(37-18(3)33)31(7)19-9-11-23-29(4,5)39-25(35)12-13-32(23)27(40-32)26(19)21(34)15-30(20,31)6/h8,12-13,17,20-24,27,34H,9-11,14-15H2,1-7H3. The Bertz CT molecular complexity index is 1260. The monoisotopic (exact) mass is 554 g/mol. The normalized spacial score (nSPS) is 45.9. The number of rotatable bonds is 3. The van der Waals surface area contributed by atoms with Gasteiger partial charge < -0.3 is 24.1 Å². The highest BCUT2D eigenvalue weighted by molar-refractivity contribution is 5.88. The number of carbonyl (C=O) groups is 3. The van der Waals surface area contributed by atoms with Crippen molar-refractivity contribution >= 4 is 17.9 Å². The molecular formula is C32H42O8. The quantitative estimate of drug-likeness (QED) is 0.237. The Morgan fingerprint density at radius 2 is 1.93 bits per heavy atom. The van der Waals surface area contributed by atoms with Crippen LogP contribution in [-0.4, -0.2) is 58.6 Å². The van der Waals surface area contributed by atoms with E-state index < -0.39 is 34.2 Å². The van der Waals surface area contributed by atoms with Crippen molar-refractivity contribution in [2.45, 2.75) is 116 Å². The average Bonchev–Trinajstić information content (AvgIpc) is 3.55. The zero-order valence-electron chi connectivity index (χ0n) is 24.6. The number of fused-ring (bicyclic) bond motifs is 3. The number of hydrogen-bond acceptors (Lipinski definition) is 8. The van der Waals surface area contributed by atoms with E-state index in [9.17, 15) is 19.5 Å². The van der Waals surface area contributed by atoms with Gasteiger partial charge in [-0.15, -0.1) is 0 Å². The van der Waals surface area contributed by atoms with E-state index in [1.54, 1.807) is 6.92 Å². The lowest BCUT2D eigenvalue weighted by Gasteiger charge is -2.54. The van der Waals surface area contributed by atoms with E-state index in [2.05, 4.69) is 20.8 Å². The van der Waals surface area contributed by atoms with Gasteiger partial charge in [-0.2, -0.15) is 0 Å². The van der Waals surface area contributed by atoms with E-state index in [1.807, 2.05) is 26.0 Å². The van der Waals surface area contributed by atoms with Crippen LogP contribution in [0.15, 0.2) is 34.9 Å². The zero-order valence-corrected chi connectivity index (χ0v) is 24.6. The molecule has 0 bridgehead atoms. The summed E-state index contributed by atoms with van der Waals surface area (Å²) in [7, 11) is 0. The van der Waals surface area contributed by atoms with E-state index in [0.29, 0.717) is 37.7 Å². The maximum atomic E-state index is 12.5. The van der Waals surface area contributed by atoms with Crippen molar-refractivity contribution < 1.29 is 38.4 Å². The Morgan fingerprint density at radius 1 is 1.20 bits per heavy atom. The van der Waals surface area contributed by atoms with Crippen molar-refractivity contribution in [1.82, 2.24) is 0 Å². The van der Waals surface area contributed by atoms with Crippen molar-refractivity contribution in [3.8, 4) is 0 Å². The highest BCUT2D eigenvalue weighted by Gasteiger charge is 2.73. The van der Waals surface area contributed by atoms with E-state index in [4.69, 9.17) is 18.9 Å². The Balaban J connectivity index is 1.44. The van der Waals surface area contributed by atoms with E-state index in [0.717, 1.165) is 11.1 Å². The predicted octanol–water partition coefficient (Wildman–Crippen LogP) is 4.35. The first-order chi connectivity index (χ1) is 18.7. The van der Waals surface area contributed by atoms with Crippen LogP contribution >= 0.6 is 0 Å². The van der Waals surface area contributed by atoms with E-state index >= 15 is 0 Å². The molecule has 3 aliphatic carbocycles. The smallest absolute Gasteiger partial charge is 0.333 e. The molecule has 1 spiro atoms. The minimum Gasteiger partial charge on any atom is -0.462 e. The maximum Gasteiger partial charge on any atom is 0.333 e. The van der Waals surface area contributed by atoms with Gasteiger partial charge in [0.15, 0.2) is 0 Å². The molecule has 1 saturated carbocycles. The van der Waals surface area contributed by atoms with Crippen LogP contribution in [0.4, 0.5) is 0 Å². The molecule has 0 aromatic heterocycles. The number of hydrogen-bond donors (Lipinski definition) is 1. The molecule has 3 heterocycles. The third-order valence-corrected chi connectivity index (χ3v) is 11.7. The number of cyclic esters (lactones) is 2. The molecule has 2 fully saturated rings. The molecule has 0 radical (unpaired) electrons. The summed E-state index contributed by atoms with van der Waals surface area (Å²) >= 11 is 0. The van der Waals surface area contributed by atoms with E-state index in [1.165, 1.54) is 13.0 Å². The Labute approximate surface area is 236 Å². The fourth-order valence-corrected chi connectivity index (χ4v) is 9.48. The molecule has 8 nitrogen and oxygen atoms in total. The van der Waals surface area contributed by atoms with Gasteiger partial charge in [-0.1, -0.05) is 32.4 Å². The number of esters is 3. The SMILES string of the molecule is CC(=O)OC1CC(C(C)C2CC=C(C)C(=O)O2)C2(C)CC(O)C3=C(CCC4C(C)(C)OC(=O)C=CC45OC35)C12C. The summed E-state index contributed by atoms with van der Waals surface area (Å²) in [6, 6.07) is 0. The van der Waals surface area contributed by atoms with Gasteiger partial charge >= 0.3 is 17.9 Å². The van der Waals surface area contributed by atoms with Crippen LogP contribution in [0.3, 0.4) is 0 Å². The molecule has 40 heavy (non-hydrogen) atoms. The van der Waals surface area contributed by atoms with Crippen LogP contribution in [0.1, 0.15) is 80.6 Å². The number of aliphatic hydroxyl groups is 1. The van der Waals surface area contributed by atoms with Gasteiger partial charge in [0.25, 0.3) is 0 Å². The average molecular weight is 555 g/mol. The number of aliphatic hydroxyl groups excluding tert-OH is 1. The Morgan fingerprint density at radius 3 is 2.60 bits per heavy atom. The van der Waals surface area contributed by atoms with Gasteiger partial charge in [0, 0.05) is 36.3 Å². The van der Waals surface area contributed by atoms with Crippen molar-refractivity contribution in [2.75, 3.05) is 0 Å². The van der Waals surface area contributed by atoms with Gasteiger partial charge in [-0.3, -0.25) is 4.79 Å². The number of carbonyl (C=O) groups excluding carboxylic acids is 3. The van der Waals surface area contributed by atoms with Crippen molar-refractivity contribution in [1.29, 1.82) is 0 Å². The van der Waals surface area contributed by atoms with Crippen LogP contribution in [0, 0.1) is 28.6 Å². The van der Waals surface area contributed by atoms with Crippen LogP contribution in [-0.2, 0) is 33.3 Å². The third kappa shape index (κ3) is 3.67. The van der Waals surface area contributed by atoms with Gasteiger partial charge in [0.1, 0.15) is 29.5 Å². The molecule has 1 saturated heterocycles. The van der Waals surface area contributed by atoms with Crippen molar-refractivity contribution in [3.63, 3.8) is 0 Å². The lowest BCUT2D eigenvalue weighted by molar-refractivity contribution is -0.156. The Hall–Kier alpha value is -2.45. The van der Waals surface area contributed by atoms with Crippen molar-refractivity contribution in [3.05, 3.63) is 34.9 Å². The maximum absolute atomic E-state index is 12.5. The fraction of sp³-hybridized carbons (Fsp3) is 0.719. The molecule has 1 N–H and O–H groups in total. The van der Waals surface area contributed by atoms with Crippen LogP contribution in [0.5, 0.6) is 0 Å². The summed E-state index contributed by atoms with van der Waals surface area (Å²) in [5.41, 5.74) is 0.167. The molecule has 8 heteroatoms. The summed E-state index contributed by atoms with van der Waals surface area (Å²) in [5.74, 6) is -1.05. The first-order valence-electron chi connectivity index (χ1n) is 14.7. The molecule has 6 rings (SSSR count). The topological polar surface area (TPSA) is 112 Å². The molecule has 10 atom stereocenters. The summed E-state index contributed by atoms with van der Waals surface area (Å²) in [5, 5.41) is 11.9. The summed E-state index contributed by atoms with van der Waals surface area (Å²) < 4.78 is 24.3. The van der Waals surface area contributed by atoms with Gasteiger partial charge in [-0.05, 0) is 75.4 Å². The number of epoxide rings is 1. The van der Waals surface area contributed by atoms with Crippen LogP contribution in [0.2, 0.25) is 0 Å². The number of ether oxygens (including phenoxy) is 4. The Kier molecular flexibility index (Phi) is 6.08. The molecule has 0 aromatic rings. The second-order valence-electron chi connectivity index (χ2n) is 13.9. The second kappa shape index (κ2) is 8.78. The summed E-state index contributed by atoms with van der Waals surface area (Å²) in [6.45, 7) is 13.6. The summed E-state index contributed by atoms with van der Waals surface area (Å²) in [4.78, 5) is 37.3. The highest BCUT2D eigenvalue weighted by Crippen LogP contribution is 2.71. The van der Waals surface area contributed by atoms with Crippen molar-refractivity contribution in [2.24, 2.45) is 28.6 Å². The molecule has 218 valence electrons. The third-order valence-electron chi connectivity index (χ3n) is 11.7. The molecule has 6 aliphatic rings. The minimum atomic E-state index is -0.752. The molecule has 0 aromatic carbocycles. The van der Waals surface area contributed by atoms with Gasteiger partial charge in [-0.25, -0.2) is 9.59 Å². The lowest BCUT2D eigenvalue weighted by Crippen LogP contribution is -2.52. The van der Waals surface area contributed by atoms with Gasteiger partial charge in [0.2, 0.25) is 0 Å². The first-order valence-corrected chi connectivity index (χ1v) is 14.7. The molecule has 0 amide bonds. The van der Waals surface area contributed by atoms with E-state index in [-0.39, 0.29) is 47.9 Å². The largest absolute Gasteiger partial charge is 0.462 e. The van der Waals surface area contributed by atoms with Crippen LogP contribution in [0.25, 0.3) is 0 Å². The van der Waals surface area contributed by atoms with Gasteiger partial charge in [0.05, 0.1) is 6.10 Å². The fourth-order valence-electron chi connectivity index (χ4n) is 9.48.